The molecule has 0 N–H and O–H groups in total. The zero-order valence-electron chi connectivity index (χ0n) is 46.6. The standard InChI is InChI=1S/C67H104O6/c1-4-7-10-13-16-19-22-25-28-31-34-37-39-42-45-48-51-54-57-60-66(69)72-63-64(73-67(70)61-58-55-52-49-46-43-40-36-33-30-27-24-21-18-15-12-9-6-3)62-71-65(68)59-56-53-50-47-44-41-38-35-32-29-26-23-20-17-14-11-8-5-2/h7,10,13,16,19,22-40,42,45,64H,4-6,8-9,11-12,14-15,17-18,20-21,41,43-44,46-63H2,1-3H3/b10-7-,16-13-,22-19-,26-23-,27-24-,28-25-,32-29-,33-30-,34-31+,38-35-,39-37-,40-36-,45-42-. The lowest BCUT2D eigenvalue weighted by Gasteiger charge is -2.18. The van der Waals surface area contributed by atoms with Crippen LogP contribution < -0.4 is 0 Å². The highest BCUT2D eigenvalue weighted by Crippen LogP contribution is 2.13. The fraction of sp³-hybridized carbons (Fsp3) is 0.567. The molecule has 6 nitrogen and oxygen atoms in total. The molecule has 0 spiro atoms. The summed E-state index contributed by atoms with van der Waals surface area (Å²) in [5, 5.41) is 0. The summed E-state index contributed by atoms with van der Waals surface area (Å²) in [6.45, 7) is 6.37. The number of carbonyl (C=O) groups is 3. The van der Waals surface area contributed by atoms with Gasteiger partial charge < -0.3 is 14.2 Å². The lowest BCUT2D eigenvalue weighted by molar-refractivity contribution is -0.167. The molecule has 0 aromatic carbocycles. The summed E-state index contributed by atoms with van der Waals surface area (Å²) in [5.74, 6) is -1.01. The SMILES string of the molecule is CC\C=C/C=C\C=C/C=C\C=C\C=C/C=C\CCCCCC(=O)OCC(COC(=O)CCCCCCC\C=C/C=C\C=C/CCCCCCC)OC(=O)CCCCCCC\C=C/C=C\C=C/CCCCCCC. The second-order valence-electron chi connectivity index (χ2n) is 18.8. The van der Waals surface area contributed by atoms with Gasteiger partial charge in [-0.2, -0.15) is 0 Å². The molecule has 0 radical (unpaired) electrons. The van der Waals surface area contributed by atoms with Crippen LogP contribution in [0.3, 0.4) is 0 Å². The minimum atomic E-state index is -0.826. The zero-order valence-corrected chi connectivity index (χ0v) is 46.6. The van der Waals surface area contributed by atoms with Crippen molar-refractivity contribution in [1.29, 1.82) is 0 Å². The average molecular weight is 1010 g/mol. The highest BCUT2D eigenvalue weighted by Gasteiger charge is 2.19. The summed E-state index contributed by atoms with van der Waals surface area (Å²) in [7, 11) is 0. The molecule has 6 heteroatoms. The molecule has 0 saturated heterocycles. The van der Waals surface area contributed by atoms with E-state index in [0.717, 1.165) is 116 Å². The van der Waals surface area contributed by atoms with Gasteiger partial charge in [-0.3, -0.25) is 14.4 Å². The third kappa shape index (κ3) is 57.8. The van der Waals surface area contributed by atoms with Gasteiger partial charge in [0.15, 0.2) is 6.10 Å². The van der Waals surface area contributed by atoms with E-state index in [0.29, 0.717) is 12.8 Å². The van der Waals surface area contributed by atoms with Crippen LogP contribution in [0.5, 0.6) is 0 Å². The Morgan fingerprint density at radius 2 is 0.534 bits per heavy atom. The van der Waals surface area contributed by atoms with E-state index in [9.17, 15) is 14.4 Å². The maximum Gasteiger partial charge on any atom is 0.306 e. The molecule has 0 fully saturated rings. The van der Waals surface area contributed by atoms with Gasteiger partial charge in [-0.05, 0) is 89.9 Å². The molecule has 0 aromatic rings. The summed E-state index contributed by atoms with van der Waals surface area (Å²) < 4.78 is 16.8. The van der Waals surface area contributed by atoms with Crippen LogP contribution in [0, 0.1) is 0 Å². The Bertz CT molecular complexity index is 1670. The van der Waals surface area contributed by atoms with Gasteiger partial charge in [-0.15, -0.1) is 0 Å². The van der Waals surface area contributed by atoms with Gasteiger partial charge in [0, 0.05) is 19.3 Å². The Balaban J connectivity index is 4.61. The molecule has 0 aliphatic carbocycles. The predicted molar refractivity (Wildman–Crippen MR) is 315 cm³/mol. The molecule has 1 unspecified atom stereocenters. The Morgan fingerprint density at radius 3 is 0.849 bits per heavy atom. The van der Waals surface area contributed by atoms with E-state index in [2.05, 4.69) is 106 Å². The van der Waals surface area contributed by atoms with Crippen molar-refractivity contribution < 1.29 is 28.6 Å². The van der Waals surface area contributed by atoms with Crippen LogP contribution in [0.2, 0.25) is 0 Å². The summed E-state index contributed by atoms with van der Waals surface area (Å²) >= 11 is 0. The minimum absolute atomic E-state index is 0.120. The number of allylic oxidation sites excluding steroid dienone is 26. The van der Waals surface area contributed by atoms with E-state index in [1.54, 1.807) is 0 Å². The largest absolute Gasteiger partial charge is 0.462 e. The molecule has 0 aliphatic heterocycles. The van der Waals surface area contributed by atoms with Gasteiger partial charge in [-0.1, -0.05) is 275 Å². The molecule has 0 aromatic heterocycles. The quantitative estimate of drug-likeness (QED) is 0.0261. The number of carbonyl (C=O) groups excluding carboxylic acids is 3. The van der Waals surface area contributed by atoms with E-state index < -0.39 is 6.10 Å². The van der Waals surface area contributed by atoms with Crippen molar-refractivity contribution in [2.24, 2.45) is 0 Å². The van der Waals surface area contributed by atoms with Crippen LogP contribution in [-0.4, -0.2) is 37.2 Å². The van der Waals surface area contributed by atoms with Gasteiger partial charge in [-0.25, -0.2) is 0 Å². The lowest BCUT2D eigenvalue weighted by Crippen LogP contribution is -2.30. The van der Waals surface area contributed by atoms with Gasteiger partial charge >= 0.3 is 17.9 Å². The first-order valence-electron chi connectivity index (χ1n) is 29.2. The molecule has 408 valence electrons. The van der Waals surface area contributed by atoms with E-state index in [1.807, 2.05) is 72.9 Å². The summed E-state index contributed by atoms with van der Waals surface area (Å²) in [6, 6.07) is 0. The molecule has 0 saturated carbocycles. The Kier molecular flexibility index (Phi) is 55.5. The van der Waals surface area contributed by atoms with Crippen LogP contribution in [0.15, 0.2) is 158 Å². The summed E-state index contributed by atoms with van der Waals surface area (Å²) in [5.41, 5.74) is 0. The highest BCUT2D eigenvalue weighted by atomic mass is 16.6. The van der Waals surface area contributed by atoms with Gasteiger partial charge in [0.05, 0.1) is 0 Å². The Morgan fingerprint density at radius 1 is 0.288 bits per heavy atom. The first-order chi connectivity index (χ1) is 36.0. The first kappa shape index (κ1) is 68.0. The second kappa shape index (κ2) is 59.6. The van der Waals surface area contributed by atoms with Crippen LogP contribution in [0.4, 0.5) is 0 Å². The number of ether oxygens (including phenoxy) is 3. The topological polar surface area (TPSA) is 78.9 Å². The third-order valence-electron chi connectivity index (χ3n) is 11.8. The first-order valence-corrected chi connectivity index (χ1v) is 29.2. The smallest absolute Gasteiger partial charge is 0.306 e. The van der Waals surface area contributed by atoms with Gasteiger partial charge in [0.2, 0.25) is 0 Å². The van der Waals surface area contributed by atoms with Gasteiger partial charge in [0.25, 0.3) is 0 Å². The maximum absolute atomic E-state index is 12.9. The molecule has 0 aliphatic rings. The summed E-state index contributed by atoms with van der Waals surface area (Å²) in [4.78, 5) is 38.2. The van der Waals surface area contributed by atoms with Crippen LogP contribution in [-0.2, 0) is 28.6 Å². The maximum atomic E-state index is 12.9. The second-order valence-corrected chi connectivity index (χ2v) is 18.8. The van der Waals surface area contributed by atoms with Crippen molar-refractivity contribution in [3.63, 3.8) is 0 Å². The van der Waals surface area contributed by atoms with Crippen molar-refractivity contribution >= 4 is 17.9 Å². The molecule has 73 heavy (non-hydrogen) atoms. The van der Waals surface area contributed by atoms with Crippen molar-refractivity contribution in [3.05, 3.63) is 158 Å². The fourth-order valence-corrected chi connectivity index (χ4v) is 7.43. The molecule has 0 amide bonds. The average Bonchev–Trinajstić information content (AvgIpc) is 3.39. The van der Waals surface area contributed by atoms with Gasteiger partial charge in [0.1, 0.15) is 13.2 Å². The number of unbranched alkanes of at least 4 members (excludes halogenated alkanes) is 23. The van der Waals surface area contributed by atoms with Crippen LogP contribution >= 0.6 is 0 Å². The molecule has 1 atom stereocenters. The minimum Gasteiger partial charge on any atom is -0.462 e. The van der Waals surface area contributed by atoms with Crippen LogP contribution in [0.1, 0.15) is 226 Å². The number of hydrogen-bond acceptors (Lipinski definition) is 6. The number of rotatable bonds is 50. The van der Waals surface area contributed by atoms with Crippen molar-refractivity contribution in [3.8, 4) is 0 Å². The monoisotopic (exact) mass is 1000 g/mol. The molecule has 0 rings (SSSR count). The zero-order chi connectivity index (χ0) is 52.9. The summed E-state index contributed by atoms with van der Waals surface area (Å²) in [6.07, 6.45) is 86.4. The van der Waals surface area contributed by atoms with Crippen molar-refractivity contribution in [1.82, 2.24) is 0 Å². The highest BCUT2D eigenvalue weighted by molar-refractivity contribution is 5.71. The Labute approximate surface area is 448 Å². The Hall–Kier alpha value is -4.97. The normalized spacial score (nSPS) is 13.3. The molecular formula is C67H104O6. The number of esters is 3. The lowest BCUT2D eigenvalue weighted by atomic mass is 10.1. The van der Waals surface area contributed by atoms with E-state index >= 15 is 0 Å². The fourth-order valence-electron chi connectivity index (χ4n) is 7.43. The van der Waals surface area contributed by atoms with Crippen molar-refractivity contribution in [2.45, 2.75) is 232 Å². The molecule has 0 heterocycles. The van der Waals surface area contributed by atoms with E-state index in [-0.39, 0.29) is 44.0 Å². The van der Waals surface area contributed by atoms with E-state index in [4.69, 9.17) is 14.2 Å². The molecular weight excluding hydrogens is 901 g/mol. The van der Waals surface area contributed by atoms with Crippen LogP contribution in [0.25, 0.3) is 0 Å². The molecule has 0 bridgehead atoms. The number of hydrogen-bond donors (Lipinski definition) is 0. The predicted octanol–water partition coefficient (Wildman–Crippen LogP) is 19.8. The van der Waals surface area contributed by atoms with E-state index in [1.165, 1.54) is 64.2 Å². The van der Waals surface area contributed by atoms with Crippen molar-refractivity contribution in [2.75, 3.05) is 13.2 Å². The third-order valence-corrected chi connectivity index (χ3v) is 11.8.